The highest BCUT2D eigenvalue weighted by molar-refractivity contribution is 5.94. The lowest BCUT2D eigenvalue weighted by Gasteiger charge is -2.35. The van der Waals surface area contributed by atoms with Gasteiger partial charge >= 0.3 is 0 Å². The second kappa shape index (κ2) is 9.04. The van der Waals surface area contributed by atoms with Crippen LogP contribution in [0.3, 0.4) is 0 Å². The summed E-state index contributed by atoms with van der Waals surface area (Å²) >= 11 is 0. The summed E-state index contributed by atoms with van der Waals surface area (Å²) in [6.07, 6.45) is 5.11. The average molecular weight is 374 g/mol. The minimum Gasteiger partial charge on any atom is -0.491 e. The molecule has 0 aliphatic carbocycles. The van der Waals surface area contributed by atoms with Gasteiger partial charge in [-0.25, -0.2) is 0 Å². The van der Waals surface area contributed by atoms with E-state index < -0.39 is 0 Å². The van der Waals surface area contributed by atoms with Crippen LogP contribution in [0.25, 0.3) is 0 Å². The van der Waals surface area contributed by atoms with Crippen LogP contribution in [0.5, 0.6) is 5.75 Å². The third-order valence-electron chi connectivity index (χ3n) is 5.71. The number of hydrogen-bond donors (Lipinski definition) is 0. The fraction of sp³-hybridized carbons (Fsp3) is 0.667. The van der Waals surface area contributed by atoms with Gasteiger partial charge in [-0.2, -0.15) is 0 Å². The van der Waals surface area contributed by atoms with Gasteiger partial charge < -0.3 is 19.1 Å². The predicted octanol–water partition coefficient (Wildman–Crippen LogP) is 2.18. The molecule has 4 rings (SSSR count). The molecular formula is C21H30N2O4. The van der Waals surface area contributed by atoms with Crippen LogP contribution in [0.1, 0.15) is 36.0 Å². The molecule has 0 bridgehead atoms. The average Bonchev–Trinajstić information content (AvgIpc) is 3.41. The molecule has 1 amide bonds. The van der Waals surface area contributed by atoms with Crippen LogP contribution in [-0.2, 0) is 9.47 Å². The number of ether oxygens (including phenoxy) is 3. The Morgan fingerprint density at radius 1 is 0.963 bits per heavy atom. The zero-order chi connectivity index (χ0) is 18.5. The van der Waals surface area contributed by atoms with Crippen molar-refractivity contribution >= 4 is 5.91 Å². The monoisotopic (exact) mass is 374 g/mol. The first kappa shape index (κ1) is 18.7. The second-order valence-electron chi connectivity index (χ2n) is 7.70. The fourth-order valence-electron chi connectivity index (χ4n) is 4.05. The summed E-state index contributed by atoms with van der Waals surface area (Å²) < 4.78 is 17.1. The van der Waals surface area contributed by atoms with Gasteiger partial charge in [0.15, 0.2) is 0 Å². The molecule has 2 atom stereocenters. The van der Waals surface area contributed by atoms with Crippen molar-refractivity contribution in [3.63, 3.8) is 0 Å². The maximum atomic E-state index is 12.8. The van der Waals surface area contributed by atoms with Gasteiger partial charge in [0.25, 0.3) is 5.91 Å². The molecule has 148 valence electrons. The standard InChI is InChI=1S/C21H30N2O4/c24-21(23-11-9-22(10-12-23)15-19-3-1-13-25-19)17-5-7-18(8-6-17)27-16-20-4-2-14-26-20/h5-8,19-20H,1-4,9-16H2. The molecule has 0 spiro atoms. The molecule has 1 aromatic rings. The van der Waals surface area contributed by atoms with Gasteiger partial charge in [-0.05, 0) is 49.9 Å². The molecule has 3 saturated heterocycles. The molecule has 3 fully saturated rings. The van der Waals surface area contributed by atoms with Crippen LogP contribution in [0.4, 0.5) is 0 Å². The fourth-order valence-corrected chi connectivity index (χ4v) is 4.05. The number of amides is 1. The second-order valence-corrected chi connectivity index (χ2v) is 7.70. The Hall–Kier alpha value is -1.63. The maximum absolute atomic E-state index is 12.8. The third kappa shape index (κ3) is 5.00. The number of rotatable bonds is 6. The van der Waals surface area contributed by atoms with E-state index in [-0.39, 0.29) is 12.0 Å². The number of carbonyl (C=O) groups is 1. The molecule has 6 nitrogen and oxygen atoms in total. The van der Waals surface area contributed by atoms with Crippen LogP contribution in [0.2, 0.25) is 0 Å². The SMILES string of the molecule is O=C(c1ccc(OCC2CCCO2)cc1)N1CCN(CC2CCCO2)CC1. The quantitative estimate of drug-likeness (QED) is 0.764. The van der Waals surface area contributed by atoms with E-state index in [9.17, 15) is 4.79 Å². The molecule has 2 unspecified atom stereocenters. The van der Waals surface area contributed by atoms with E-state index in [1.807, 2.05) is 29.2 Å². The Morgan fingerprint density at radius 3 is 2.26 bits per heavy atom. The molecule has 0 radical (unpaired) electrons. The molecule has 1 aromatic carbocycles. The van der Waals surface area contributed by atoms with Crippen molar-refractivity contribution in [2.45, 2.75) is 37.9 Å². The van der Waals surface area contributed by atoms with E-state index in [1.165, 1.54) is 12.8 Å². The Morgan fingerprint density at radius 2 is 1.63 bits per heavy atom. The summed E-state index contributed by atoms with van der Waals surface area (Å²) in [5, 5.41) is 0. The maximum Gasteiger partial charge on any atom is 0.253 e. The van der Waals surface area contributed by atoms with Crippen molar-refractivity contribution in [1.82, 2.24) is 9.80 Å². The summed E-state index contributed by atoms with van der Waals surface area (Å²) in [4.78, 5) is 17.1. The lowest BCUT2D eigenvalue weighted by atomic mass is 10.1. The first-order chi connectivity index (χ1) is 13.3. The number of hydrogen-bond acceptors (Lipinski definition) is 5. The van der Waals surface area contributed by atoms with E-state index in [0.717, 1.165) is 70.1 Å². The highest BCUT2D eigenvalue weighted by atomic mass is 16.5. The molecule has 3 aliphatic rings. The van der Waals surface area contributed by atoms with Crippen LogP contribution in [-0.4, -0.2) is 80.5 Å². The van der Waals surface area contributed by atoms with Gasteiger partial charge in [0, 0.05) is 51.5 Å². The molecular weight excluding hydrogens is 344 g/mol. The Bertz CT molecular complexity index is 601. The van der Waals surface area contributed by atoms with Crippen molar-refractivity contribution < 1.29 is 19.0 Å². The van der Waals surface area contributed by atoms with Crippen molar-refractivity contribution in [1.29, 1.82) is 0 Å². The minimum atomic E-state index is 0.109. The number of nitrogens with zero attached hydrogens (tertiary/aromatic N) is 2. The lowest BCUT2D eigenvalue weighted by molar-refractivity contribution is 0.0432. The summed E-state index contributed by atoms with van der Waals surface area (Å²) in [5.41, 5.74) is 0.729. The topological polar surface area (TPSA) is 51.2 Å². The molecule has 27 heavy (non-hydrogen) atoms. The molecule has 6 heteroatoms. The Labute approximate surface area is 161 Å². The Kier molecular flexibility index (Phi) is 6.27. The summed E-state index contributed by atoms with van der Waals surface area (Å²) in [5.74, 6) is 0.904. The summed E-state index contributed by atoms with van der Waals surface area (Å²) in [6, 6.07) is 7.50. The van der Waals surface area contributed by atoms with Crippen LogP contribution >= 0.6 is 0 Å². The van der Waals surface area contributed by atoms with Gasteiger partial charge in [-0.3, -0.25) is 9.69 Å². The number of piperazine rings is 1. The number of carbonyl (C=O) groups excluding carboxylic acids is 1. The smallest absolute Gasteiger partial charge is 0.253 e. The minimum absolute atomic E-state index is 0.109. The van der Waals surface area contributed by atoms with Gasteiger partial charge in [0.05, 0.1) is 12.2 Å². The summed E-state index contributed by atoms with van der Waals surface area (Å²) in [7, 11) is 0. The van der Waals surface area contributed by atoms with Crippen LogP contribution < -0.4 is 4.74 Å². The van der Waals surface area contributed by atoms with Crippen LogP contribution in [0.15, 0.2) is 24.3 Å². The van der Waals surface area contributed by atoms with Crippen molar-refractivity contribution in [2.75, 3.05) is 52.5 Å². The van der Waals surface area contributed by atoms with Gasteiger partial charge in [-0.1, -0.05) is 0 Å². The van der Waals surface area contributed by atoms with E-state index in [4.69, 9.17) is 14.2 Å². The molecule has 3 heterocycles. The highest BCUT2D eigenvalue weighted by Crippen LogP contribution is 2.19. The zero-order valence-corrected chi connectivity index (χ0v) is 16.0. The van der Waals surface area contributed by atoms with Crippen LogP contribution in [0, 0.1) is 0 Å². The number of benzene rings is 1. The first-order valence-corrected chi connectivity index (χ1v) is 10.3. The van der Waals surface area contributed by atoms with E-state index >= 15 is 0 Å². The van der Waals surface area contributed by atoms with E-state index in [0.29, 0.717) is 12.7 Å². The molecule has 3 aliphatic heterocycles. The normalized spacial score (nSPS) is 26.4. The van der Waals surface area contributed by atoms with E-state index in [1.54, 1.807) is 0 Å². The zero-order valence-electron chi connectivity index (χ0n) is 16.0. The first-order valence-electron chi connectivity index (χ1n) is 10.3. The molecule has 0 N–H and O–H groups in total. The third-order valence-corrected chi connectivity index (χ3v) is 5.71. The van der Waals surface area contributed by atoms with Gasteiger partial charge in [0.2, 0.25) is 0 Å². The molecule has 0 aromatic heterocycles. The van der Waals surface area contributed by atoms with Crippen molar-refractivity contribution in [3.05, 3.63) is 29.8 Å². The van der Waals surface area contributed by atoms with Crippen molar-refractivity contribution in [3.8, 4) is 5.75 Å². The lowest BCUT2D eigenvalue weighted by Crippen LogP contribution is -2.50. The van der Waals surface area contributed by atoms with Crippen molar-refractivity contribution in [2.24, 2.45) is 0 Å². The predicted molar refractivity (Wildman–Crippen MR) is 102 cm³/mol. The van der Waals surface area contributed by atoms with E-state index in [2.05, 4.69) is 4.90 Å². The summed E-state index contributed by atoms with van der Waals surface area (Å²) in [6.45, 7) is 6.73. The molecule has 0 saturated carbocycles. The van der Waals surface area contributed by atoms with Gasteiger partial charge in [-0.15, -0.1) is 0 Å². The Balaban J connectivity index is 1.23. The largest absolute Gasteiger partial charge is 0.491 e. The highest BCUT2D eigenvalue weighted by Gasteiger charge is 2.25. The van der Waals surface area contributed by atoms with Gasteiger partial charge in [0.1, 0.15) is 12.4 Å².